The highest BCUT2D eigenvalue weighted by molar-refractivity contribution is 5.99. The zero-order valence-electron chi connectivity index (χ0n) is 6.79. The maximum Gasteiger partial charge on any atom is 0.256 e. The van der Waals surface area contributed by atoms with E-state index in [9.17, 15) is 4.79 Å². The van der Waals surface area contributed by atoms with Crippen molar-refractivity contribution in [2.75, 3.05) is 18.4 Å². The molecule has 0 atom stereocenters. The van der Waals surface area contributed by atoms with Crippen molar-refractivity contribution in [3.8, 4) is 0 Å². The molecule has 1 amide bonds. The van der Waals surface area contributed by atoms with Crippen LogP contribution in [0.25, 0.3) is 0 Å². The van der Waals surface area contributed by atoms with Crippen LogP contribution in [0, 0.1) is 0 Å². The standard InChI is InChI=1S/C7H10N4O/c1-11-6-5(4-10-11)7(12)9-3-2-8-6/h4,8H,2-3H2,1H3,(H,9,12). The van der Waals surface area contributed by atoms with Gasteiger partial charge in [-0.25, -0.2) is 0 Å². The number of rotatable bonds is 0. The van der Waals surface area contributed by atoms with Crippen LogP contribution >= 0.6 is 0 Å². The second kappa shape index (κ2) is 2.51. The van der Waals surface area contributed by atoms with Crippen molar-refractivity contribution in [2.24, 2.45) is 7.05 Å². The van der Waals surface area contributed by atoms with Gasteiger partial charge in [0.25, 0.3) is 5.91 Å². The summed E-state index contributed by atoms with van der Waals surface area (Å²) in [6.45, 7) is 1.41. The summed E-state index contributed by atoms with van der Waals surface area (Å²) >= 11 is 0. The second-order valence-electron chi connectivity index (χ2n) is 2.71. The maximum atomic E-state index is 11.3. The Kier molecular flexibility index (Phi) is 1.49. The summed E-state index contributed by atoms with van der Waals surface area (Å²) in [7, 11) is 1.81. The van der Waals surface area contributed by atoms with Gasteiger partial charge in [-0.3, -0.25) is 9.48 Å². The molecule has 5 heteroatoms. The van der Waals surface area contributed by atoms with E-state index >= 15 is 0 Å². The smallest absolute Gasteiger partial charge is 0.256 e. The predicted molar refractivity (Wildman–Crippen MR) is 44.0 cm³/mol. The molecule has 0 saturated heterocycles. The molecule has 64 valence electrons. The Labute approximate surface area is 69.8 Å². The lowest BCUT2D eigenvalue weighted by molar-refractivity contribution is 0.0958. The average molecular weight is 166 g/mol. The van der Waals surface area contributed by atoms with Gasteiger partial charge < -0.3 is 10.6 Å². The summed E-state index contributed by atoms with van der Waals surface area (Å²) < 4.78 is 1.67. The quantitative estimate of drug-likeness (QED) is 0.550. The molecule has 2 N–H and O–H groups in total. The fourth-order valence-electron chi connectivity index (χ4n) is 1.27. The van der Waals surface area contributed by atoms with Gasteiger partial charge >= 0.3 is 0 Å². The molecule has 0 saturated carbocycles. The summed E-state index contributed by atoms with van der Waals surface area (Å²) in [5.74, 6) is 0.744. The van der Waals surface area contributed by atoms with E-state index in [1.165, 1.54) is 0 Å². The Morgan fingerprint density at radius 2 is 2.25 bits per heavy atom. The number of nitrogens with one attached hydrogen (secondary N) is 2. The third-order valence-corrected chi connectivity index (χ3v) is 1.89. The van der Waals surface area contributed by atoms with Gasteiger partial charge in [-0.1, -0.05) is 0 Å². The SMILES string of the molecule is Cn1ncc2c1NCCNC2=O. The molecule has 0 radical (unpaired) electrons. The molecule has 1 aromatic rings. The first kappa shape index (κ1) is 7.15. The summed E-state index contributed by atoms with van der Waals surface area (Å²) in [5.41, 5.74) is 0.620. The number of carbonyl (C=O) groups is 1. The summed E-state index contributed by atoms with van der Waals surface area (Å²) in [6, 6.07) is 0. The van der Waals surface area contributed by atoms with Crippen LogP contribution in [-0.4, -0.2) is 28.8 Å². The van der Waals surface area contributed by atoms with Gasteiger partial charge in [0.2, 0.25) is 0 Å². The zero-order valence-corrected chi connectivity index (χ0v) is 6.79. The summed E-state index contributed by atoms with van der Waals surface area (Å²) in [5, 5.41) is 9.86. The molecular formula is C7H10N4O. The van der Waals surface area contributed by atoms with Crippen LogP contribution in [0.4, 0.5) is 5.82 Å². The minimum absolute atomic E-state index is 0.0527. The van der Waals surface area contributed by atoms with Gasteiger partial charge in [0.1, 0.15) is 11.4 Å². The zero-order chi connectivity index (χ0) is 8.55. The van der Waals surface area contributed by atoms with E-state index in [4.69, 9.17) is 0 Å². The number of nitrogens with zero attached hydrogens (tertiary/aromatic N) is 2. The number of aryl methyl sites for hydroxylation is 1. The average Bonchev–Trinajstić information content (AvgIpc) is 2.30. The van der Waals surface area contributed by atoms with Crippen LogP contribution in [-0.2, 0) is 7.05 Å². The Hall–Kier alpha value is -1.52. The highest BCUT2D eigenvalue weighted by Gasteiger charge is 2.17. The number of carbonyl (C=O) groups excluding carboxylic acids is 1. The summed E-state index contributed by atoms with van der Waals surface area (Å²) in [6.07, 6.45) is 1.57. The third kappa shape index (κ3) is 0.939. The Morgan fingerprint density at radius 3 is 3.08 bits per heavy atom. The first-order valence-corrected chi connectivity index (χ1v) is 3.83. The molecule has 0 spiro atoms. The fourth-order valence-corrected chi connectivity index (χ4v) is 1.27. The molecule has 0 fully saturated rings. The molecular weight excluding hydrogens is 156 g/mol. The van der Waals surface area contributed by atoms with E-state index in [0.29, 0.717) is 12.1 Å². The molecule has 5 nitrogen and oxygen atoms in total. The van der Waals surface area contributed by atoms with Crippen molar-refractivity contribution in [3.05, 3.63) is 11.8 Å². The Balaban J connectivity index is 2.47. The van der Waals surface area contributed by atoms with Crippen LogP contribution in [0.2, 0.25) is 0 Å². The van der Waals surface area contributed by atoms with Crippen LogP contribution in [0.3, 0.4) is 0 Å². The van der Waals surface area contributed by atoms with Gasteiger partial charge in [0.05, 0.1) is 6.20 Å². The largest absolute Gasteiger partial charge is 0.368 e. The van der Waals surface area contributed by atoms with Crippen LogP contribution in [0.1, 0.15) is 10.4 Å². The second-order valence-corrected chi connectivity index (χ2v) is 2.71. The number of aromatic nitrogens is 2. The van der Waals surface area contributed by atoms with E-state index in [1.54, 1.807) is 10.9 Å². The molecule has 1 aliphatic rings. The van der Waals surface area contributed by atoms with Gasteiger partial charge in [-0.2, -0.15) is 5.10 Å². The highest BCUT2D eigenvalue weighted by atomic mass is 16.1. The van der Waals surface area contributed by atoms with Crippen LogP contribution in [0.5, 0.6) is 0 Å². The van der Waals surface area contributed by atoms with E-state index in [2.05, 4.69) is 15.7 Å². The van der Waals surface area contributed by atoms with Gasteiger partial charge in [-0.15, -0.1) is 0 Å². The van der Waals surface area contributed by atoms with E-state index in [0.717, 1.165) is 12.4 Å². The molecule has 0 bridgehead atoms. The van der Waals surface area contributed by atoms with E-state index in [-0.39, 0.29) is 5.91 Å². The minimum Gasteiger partial charge on any atom is -0.368 e. The fraction of sp³-hybridized carbons (Fsp3) is 0.429. The normalized spacial score (nSPS) is 15.9. The van der Waals surface area contributed by atoms with Crippen molar-refractivity contribution in [2.45, 2.75) is 0 Å². The molecule has 1 aliphatic heterocycles. The maximum absolute atomic E-state index is 11.3. The Morgan fingerprint density at radius 1 is 1.50 bits per heavy atom. The number of hydrogen-bond donors (Lipinski definition) is 2. The molecule has 2 rings (SSSR count). The lowest BCUT2D eigenvalue weighted by Gasteiger charge is -2.01. The summed E-state index contributed by atoms with van der Waals surface area (Å²) in [4.78, 5) is 11.3. The first-order valence-electron chi connectivity index (χ1n) is 3.83. The van der Waals surface area contributed by atoms with Crippen molar-refractivity contribution in [1.29, 1.82) is 0 Å². The molecule has 0 aliphatic carbocycles. The topological polar surface area (TPSA) is 59.0 Å². The van der Waals surface area contributed by atoms with Crippen LogP contribution < -0.4 is 10.6 Å². The molecule has 12 heavy (non-hydrogen) atoms. The number of hydrogen-bond acceptors (Lipinski definition) is 3. The van der Waals surface area contributed by atoms with Crippen molar-refractivity contribution in [3.63, 3.8) is 0 Å². The third-order valence-electron chi connectivity index (χ3n) is 1.89. The van der Waals surface area contributed by atoms with Crippen molar-refractivity contribution < 1.29 is 4.79 Å². The van der Waals surface area contributed by atoms with Crippen molar-refractivity contribution in [1.82, 2.24) is 15.1 Å². The lowest BCUT2D eigenvalue weighted by Crippen LogP contribution is -2.24. The minimum atomic E-state index is -0.0527. The van der Waals surface area contributed by atoms with Gasteiger partial charge in [-0.05, 0) is 0 Å². The molecule has 2 heterocycles. The Bertz CT molecular complexity index is 317. The first-order chi connectivity index (χ1) is 5.79. The predicted octanol–water partition coefficient (Wildman–Crippen LogP) is -0.425. The van der Waals surface area contributed by atoms with Crippen LogP contribution in [0.15, 0.2) is 6.20 Å². The monoisotopic (exact) mass is 166 g/mol. The number of amides is 1. The lowest BCUT2D eigenvalue weighted by atomic mass is 10.3. The molecule has 0 aromatic carbocycles. The van der Waals surface area contributed by atoms with E-state index in [1.807, 2.05) is 7.05 Å². The van der Waals surface area contributed by atoms with E-state index < -0.39 is 0 Å². The van der Waals surface area contributed by atoms with Crippen molar-refractivity contribution >= 4 is 11.7 Å². The number of fused-ring (bicyclic) bond motifs is 1. The molecule has 1 aromatic heterocycles. The van der Waals surface area contributed by atoms with Gasteiger partial charge in [0.15, 0.2) is 0 Å². The number of anilines is 1. The highest BCUT2D eigenvalue weighted by Crippen LogP contribution is 2.14. The van der Waals surface area contributed by atoms with Gasteiger partial charge in [0, 0.05) is 20.1 Å². The molecule has 0 unspecified atom stereocenters.